The number of anilines is 1. The van der Waals surface area contributed by atoms with Gasteiger partial charge in [-0.25, -0.2) is 9.97 Å². The van der Waals surface area contributed by atoms with Crippen molar-refractivity contribution in [3.05, 3.63) is 87.9 Å². The van der Waals surface area contributed by atoms with Crippen molar-refractivity contribution in [1.82, 2.24) is 30.0 Å². The molecular weight excluding hydrogens is 543 g/mol. The first-order chi connectivity index (χ1) is 19.2. The van der Waals surface area contributed by atoms with Gasteiger partial charge in [0.05, 0.1) is 17.6 Å². The van der Waals surface area contributed by atoms with Crippen LogP contribution in [0.3, 0.4) is 0 Å². The molecule has 5 aromatic rings. The molecule has 5 heterocycles. The van der Waals surface area contributed by atoms with Crippen molar-refractivity contribution in [1.29, 1.82) is 0 Å². The number of nitrogens with one attached hydrogen (secondary N) is 2. The van der Waals surface area contributed by atoms with Crippen LogP contribution in [0.5, 0.6) is 0 Å². The lowest BCUT2D eigenvalue weighted by atomic mass is 10.1. The summed E-state index contributed by atoms with van der Waals surface area (Å²) in [5.74, 6) is -0.361. The number of carbonyl (C=O) groups excluding carboxylic acids is 2. The Hall–Kier alpha value is -4.52. The van der Waals surface area contributed by atoms with Gasteiger partial charge in [0.2, 0.25) is 11.7 Å². The van der Waals surface area contributed by atoms with Crippen molar-refractivity contribution < 1.29 is 22.8 Å². The van der Waals surface area contributed by atoms with Crippen molar-refractivity contribution in [2.75, 3.05) is 11.9 Å². The number of amides is 2. The number of aromatic nitrogens is 5. The van der Waals surface area contributed by atoms with Crippen LogP contribution in [0.15, 0.2) is 60.2 Å². The predicted octanol–water partition coefficient (Wildman–Crippen LogP) is 4.22. The Labute approximate surface area is 229 Å². The van der Waals surface area contributed by atoms with E-state index in [9.17, 15) is 22.8 Å². The molecule has 0 aliphatic carbocycles. The van der Waals surface area contributed by atoms with Gasteiger partial charge >= 0.3 is 6.18 Å². The average Bonchev–Trinajstić information content (AvgIpc) is 3.67. The number of likely N-dealkylation sites (N-methyl/N-ethyl adjacent to an activating group) is 1. The highest BCUT2D eigenvalue weighted by atomic mass is 32.1. The van der Waals surface area contributed by atoms with E-state index in [-0.39, 0.29) is 29.5 Å². The molecule has 0 spiro atoms. The maximum absolute atomic E-state index is 13.4. The van der Waals surface area contributed by atoms with E-state index in [1.165, 1.54) is 23.2 Å². The van der Waals surface area contributed by atoms with Gasteiger partial charge in [-0.05, 0) is 35.2 Å². The number of pyridine rings is 1. The normalized spacial score (nSPS) is 15.4. The van der Waals surface area contributed by atoms with Gasteiger partial charge in [-0.2, -0.15) is 13.2 Å². The molecule has 13 heteroatoms. The molecule has 40 heavy (non-hydrogen) atoms. The van der Waals surface area contributed by atoms with Crippen molar-refractivity contribution in [3.63, 3.8) is 0 Å². The monoisotopic (exact) mass is 565 g/mol. The standard InChI is InChI=1S/C27H22F3N7O2S/c1-36-19-7-2-8-20-22(19)16(14-37(20)24-15(5-3-9-31-24)13-27(28,29)30)11-18(26(36)39)32-25(38)23-33-21(34-35-23)12-17-6-4-10-40-17/h2-10,14,18H,11-13H2,1H3,(H,32,38)(H,33,34,35)/t18-/m0/s1. The number of rotatable bonds is 6. The minimum absolute atomic E-state index is 0.0261. The molecule has 6 rings (SSSR count). The van der Waals surface area contributed by atoms with E-state index in [1.54, 1.807) is 47.3 Å². The Morgan fingerprint density at radius 3 is 2.83 bits per heavy atom. The van der Waals surface area contributed by atoms with Gasteiger partial charge < -0.3 is 14.8 Å². The first kappa shape index (κ1) is 25.7. The van der Waals surface area contributed by atoms with Gasteiger partial charge in [0, 0.05) is 48.1 Å². The molecule has 0 unspecified atom stereocenters. The van der Waals surface area contributed by atoms with E-state index in [4.69, 9.17) is 0 Å². The predicted molar refractivity (Wildman–Crippen MR) is 143 cm³/mol. The first-order valence-electron chi connectivity index (χ1n) is 12.3. The Bertz CT molecular complexity index is 1730. The zero-order chi connectivity index (χ0) is 28.0. The zero-order valence-corrected chi connectivity index (χ0v) is 21.9. The van der Waals surface area contributed by atoms with E-state index in [2.05, 4.69) is 25.5 Å². The van der Waals surface area contributed by atoms with E-state index in [0.717, 1.165) is 4.88 Å². The summed E-state index contributed by atoms with van der Waals surface area (Å²) in [7, 11) is 1.60. The fourth-order valence-corrected chi connectivity index (χ4v) is 5.72. The molecule has 0 fully saturated rings. The van der Waals surface area contributed by atoms with Gasteiger partial charge in [0.15, 0.2) is 0 Å². The largest absolute Gasteiger partial charge is 0.393 e. The first-order valence-corrected chi connectivity index (χ1v) is 13.2. The van der Waals surface area contributed by atoms with E-state index < -0.39 is 24.5 Å². The summed E-state index contributed by atoms with van der Waals surface area (Å²) in [6.07, 6.45) is -1.80. The average molecular weight is 566 g/mol. The number of hydrogen-bond donors (Lipinski definition) is 2. The Kier molecular flexibility index (Phi) is 6.37. The third-order valence-electron chi connectivity index (χ3n) is 6.75. The molecule has 9 nitrogen and oxygen atoms in total. The number of aromatic amines is 1. The molecule has 1 aliphatic rings. The lowest BCUT2D eigenvalue weighted by molar-refractivity contribution is -0.127. The summed E-state index contributed by atoms with van der Waals surface area (Å²) in [5, 5.41) is 12.2. The van der Waals surface area contributed by atoms with Gasteiger partial charge in [-0.15, -0.1) is 16.4 Å². The molecule has 1 aliphatic heterocycles. The second-order valence-corrected chi connectivity index (χ2v) is 10.5. The molecule has 204 valence electrons. The Morgan fingerprint density at radius 1 is 1.20 bits per heavy atom. The number of benzene rings is 1. The zero-order valence-electron chi connectivity index (χ0n) is 21.1. The summed E-state index contributed by atoms with van der Waals surface area (Å²) < 4.78 is 41.6. The molecule has 2 amide bonds. The van der Waals surface area contributed by atoms with E-state index >= 15 is 0 Å². The minimum atomic E-state index is -4.41. The number of alkyl halides is 3. The van der Waals surface area contributed by atoms with Crippen molar-refractivity contribution in [3.8, 4) is 5.82 Å². The van der Waals surface area contributed by atoms with Crippen LogP contribution in [0.4, 0.5) is 18.9 Å². The van der Waals surface area contributed by atoms with Crippen molar-refractivity contribution >= 4 is 39.7 Å². The van der Waals surface area contributed by atoms with Gasteiger partial charge in [0.1, 0.15) is 17.7 Å². The van der Waals surface area contributed by atoms with Crippen LogP contribution in [0.1, 0.15) is 32.4 Å². The second kappa shape index (κ2) is 9.90. The summed E-state index contributed by atoms with van der Waals surface area (Å²) in [5.41, 5.74) is 1.90. The van der Waals surface area contributed by atoms with E-state index in [0.29, 0.717) is 34.4 Å². The number of hydrogen-bond acceptors (Lipinski definition) is 6. The smallest absolute Gasteiger partial charge is 0.337 e. The lowest BCUT2D eigenvalue weighted by Gasteiger charge is -2.22. The highest BCUT2D eigenvalue weighted by molar-refractivity contribution is 7.09. The van der Waals surface area contributed by atoms with Crippen LogP contribution < -0.4 is 10.2 Å². The van der Waals surface area contributed by atoms with Gasteiger partial charge in [-0.3, -0.25) is 14.7 Å². The molecule has 0 radical (unpaired) electrons. The molecular formula is C27H22F3N7O2S. The third kappa shape index (κ3) is 4.83. The highest BCUT2D eigenvalue weighted by Crippen LogP contribution is 2.37. The third-order valence-corrected chi connectivity index (χ3v) is 7.63. The molecule has 2 N–H and O–H groups in total. The molecule has 0 saturated heterocycles. The molecule has 1 aromatic carbocycles. The van der Waals surface area contributed by atoms with Crippen LogP contribution >= 0.6 is 11.3 Å². The number of H-pyrrole nitrogens is 1. The number of nitrogens with zero attached hydrogens (tertiary/aromatic N) is 5. The molecule has 1 atom stereocenters. The highest BCUT2D eigenvalue weighted by Gasteiger charge is 2.34. The summed E-state index contributed by atoms with van der Waals surface area (Å²) in [6, 6.07) is 11.1. The van der Waals surface area contributed by atoms with Crippen molar-refractivity contribution in [2.45, 2.75) is 31.5 Å². The fourth-order valence-electron chi connectivity index (χ4n) is 5.01. The van der Waals surface area contributed by atoms with Crippen LogP contribution in [-0.4, -0.2) is 55.8 Å². The fraction of sp³-hybridized carbons (Fsp3) is 0.222. The maximum Gasteiger partial charge on any atom is 0.393 e. The maximum atomic E-state index is 13.4. The van der Waals surface area contributed by atoms with E-state index in [1.807, 2.05) is 17.5 Å². The van der Waals surface area contributed by atoms with Gasteiger partial charge in [-0.1, -0.05) is 18.2 Å². The van der Waals surface area contributed by atoms with Crippen LogP contribution in [-0.2, 0) is 24.1 Å². The molecule has 0 saturated carbocycles. The lowest BCUT2D eigenvalue weighted by Crippen LogP contribution is -2.48. The Morgan fingerprint density at radius 2 is 2.05 bits per heavy atom. The number of carbonyl (C=O) groups is 2. The summed E-state index contributed by atoms with van der Waals surface area (Å²) in [4.78, 5) is 37.5. The Balaban J connectivity index is 1.33. The second-order valence-electron chi connectivity index (χ2n) is 9.46. The topological polar surface area (TPSA) is 109 Å². The minimum Gasteiger partial charge on any atom is -0.337 e. The number of halogens is 3. The molecule has 0 bridgehead atoms. The van der Waals surface area contributed by atoms with Gasteiger partial charge in [0.25, 0.3) is 5.91 Å². The summed E-state index contributed by atoms with van der Waals surface area (Å²) >= 11 is 1.56. The van der Waals surface area contributed by atoms with Crippen LogP contribution in [0, 0.1) is 0 Å². The van der Waals surface area contributed by atoms with Crippen molar-refractivity contribution in [2.24, 2.45) is 0 Å². The van der Waals surface area contributed by atoms with Crippen LogP contribution in [0.2, 0.25) is 0 Å². The summed E-state index contributed by atoms with van der Waals surface area (Å²) in [6.45, 7) is 0. The molecule has 4 aromatic heterocycles. The van der Waals surface area contributed by atoms with Crippen LogP contribution in [0.25, 0.3) is 16.7 Å². The quantitative estimate of drug-likeness (QED) is 0.321. The number of thiophene rings is 1. The SMILES string of the molecule is CN1C(=O)[C@@H](NC(=O)c2n[nH]c(Cc3cccs3)n2)Cc2cn(-c3ncccc3CC(F)(F)F)c3cccc1c23.